The van der Waals surface area contributed by atoms with Crippen LogP contribution in [0.1, 0.15) is 12.1 Å². The molecule has 5 nitrogen and oxygen atoms in total. The maximum atomic E-state index is 11.3. The van der Waals surface area contributed by atoms with E-state index in [2.05, 4.69) is 15.2 Å². The average Bonchev–Trinajstić information content (AvgIpc) is 2.65. The van der Waals surface area contributed by atoms with Gasteiger partial charge in [0.15, 0.2) is 0 Å². The topological polar surface area (TPSA) is 56.2 Å². The number of hydrogen-bond acceptors (Lipinski definition) is 4. The summed E-state index contributed by atoms with van der Waals surface area (Å²) in [5.41, 5.74) is 1.09. The Morgan fingerprint density at radius 1 is 1.73 bits per heavy atom. The third-order valence-electron chi connectivity index (χ3n) is 2.39. The highest BCUT2D eigenvalue weighted by molar-refractivity contribution is 5.75. The molecule has 1 N–H and O–H groups in total. The van der Waals surface area contributed by atoms with E-state index in [1.165, 1.54) is 7.11 Å². The molecule has 15 heavy (non-hydrogen) atoms. The van der Waals surface area contributed by atoms with Crippen LogP contribution in [0.25, 0.3) is 0 Å². The largest absolute Gasteiger partial charge is 0.468 e. The van der Waals surface area contributed by atoms with Crippen molar-refractivity contribution in [2.75, 3.05) is 14.2 Å². The van der Waals surface area contributed by atoms with Gasteiger partial charge in [0.2, 0.25) is 0 Å². The number of aryl methyl sites for hydroxylation is 2. The van der Waals surface area contributed by atoms with E-state index in [0.717, 1.165) is 5.69 Å². The maximum absolute atomic E-state index is 11.3. The first-order valence-corrected chi connectivity index (χ1v) is 4.92. The van der Waals surface area contributed by atoms with E-state index in [4.69, 9.17) is 0 Å². The third kappa shape index (κ3) is 3.06. The first-order chi connectivity index (χ1) is 7.19. The number of nitrogens with one attached hydrogen (secondary N) is 1. The SMILES string of the molecule is CNC(CCn1nccc1C)C(=O)OC. The van der Waals surface area contributed by atoms with Gasteiger partial charge in [0.1, 0.15) is 6.04 Å². The van der Waals surface area contributed by atoms with Gasteiger partial charge in [-0.05, 0) is 26.5 Å². The van der Waals surface area contributed by atoms with Crippen LogP contribution in [0.4, 0.5) is 0 Å². The lowest BCUT2D eigenvalue weighted by molar-refractivity contribution is -0.143. The number of carbonyl (C=O) groups excluding carboxylic acids is 1. The van der Waals surface area contributed by atoms with Crippen molar-refractivity contribution in [2.45, 2.75) is 25.9 Å². The van der Waals surface area contributed by atoms with Gasteiger partial charge in [0, 0.05) is 18.4 Å². The van der Waals surface area contributed by atoms with Gasteiger partial charge >= 0.3 is 5.97 Å². The minimum atomic E-state index is -0.265. The van der Waals surface area contributed by atoms with Gasteiger partial charge in [0.25, 0.3) is 0 Å². The molecule has 1 atom stereocenters. The number of hydrogen-bond donors (Lipinski definition) is 1. The number of aromatic nitrogens is 2. The van der Waals surface area contributed by atoms with Crippen molar-refractivity contribution < 1.29 is 9.53 Å². The van der Waals surface area contributed by atoms with Crippen LogP contribution in [0.5, 0.6) is 0 Å². The summed E-state index contributed by atoms with van der Waals surface area (Å²) in [6, 6.07) is 1.67. The van der Waals surface area contributed by atoms with Crippen molar-refractivity contribution in [1.29, 1.82) is 0 Å². The Labute approximate surface area is 89.4 Å². The average molecular weight is 211 g/mol. The van der Waals surface area contributed by atoms with Crippen LogP contribution < -0.4 is 5.32 Å². The molecule has 1 aromatic rings. The van der Waals surface area contributed by atoms with Crippen LogP contribution in [-0.2, 0) is 16.1 Å². The number of ether oxygens (including phenoxy) is 1. The molecular weight excluding hydrogens is 194 g/mol. The maximum Gasteiger partial charge on any atom is 0.322 e. The molecule has 0 aliphatic carbocycles. The quantitative estimate of drug-likeness (QED) is 0.714. The second kappa shape index (κ2) is 5.50. The molecule has 1 rings (SSSR count). The summed E-state index contributed by atoms with van der Waals surface area (Å²) in [5.74, 6) is -0.234. The number of methoxy groups -OCH3 is 1. The van der Waals surface area contributed by atoms with Crippen molar-refractivity contribution in [3.8, 4) is 0 Å². The molecule has 0 radical (unpaired) electrons. The lowest BCUT2D eigenvalue weighted by Crippen LogP contribution is -2.36. The number of esters is 1. The normalized spacial score (nSPS) is 12.5. The predicted octanol–water partition coefficient (Wildman–Crippen LogP) is 0.343. The molecule has 0 aliphatic heterocycles. The third-order valence-corrected chi connectivity index (χ3v) is 2.39. The van der Waals surface area contributed by atoms with Crippen LogP contribution in [0.15, 0.2) is 12.3 Å². The van der Waals surface area contributed by atoms with Crippen molar-refractivity contribution in [2.24, 2.45) is 0 Å². The second-order valence-electron chi connectivity index (χ2n) is 3.35. The smallest absolute Gasteiger partial charge is 0.322 e. The standard InChI is InChI=1S/C10H17N3O2/c1-8-4-6-12-13(8)7-5-9(11-2)10(14)15-3/h4,6,9,11H,5,7H2,1-3H3. The van der Waals surface area contributed by atoms with E-state index >= 15 is 0 Å². The van der Waals surface area contributed by atoms with Crippen molar-refractivity contribution in [1.82, 2.24) is 15.1 Å². The molecule has 5 heteroatoms. The molecular formula is C10H17N3O2. The molecule has 0 bridgehead atoms. The van der Waals surface area contributed by atoms with Crippen molar-refractivity contribution in [3.63, 3.8) is 0 Å². The lowest BCUT2D eigenvalue weighted by atomic mass is 10.2. The van der Waals surface area contributed by atoms with Crippen LogP contribution in [0, 0.1) is 6.92 Å². The summed E-state index contributed by atoms with van der Waals surface area (Å²) in [5, 5.41) is 7.06. The summed E-state index contributed by atoms with van der Waals surface area (Å²) < 4.78 is 6.54. The molecule has 0 fully saturated rings. The fraction of sp³-hybridized carbons (Fsp3) is 0.600. The zero-order valence-electron chi connectivity index (χ0n) is 9.36. The Bertz CT molecular complexity index is 322. The van der Waals surface area contributed by atoms with Gasteiger partial charge in [-0.3, -0.25) is 9.48 Å². The van der Waals surface area contributed by atoms with Gasteiger partial charge in [-0.15, -0.1) is 0 Å². The fourth-order valence-electron chi connectivity index (χ4n) is 1.41. The molecule has 0 aromatic carbocycles. The lowest BCUT2D eigenvalue weighted by Gasteiger charge is -2.13. The van der Waals surface area contributed by atoms with Gasteiger partial charge in [-0.2, -0.15) is 5.10 Å². The Balaban J connectivity index is 2.48. The number of rotatable bonds is 5. The summed E-state index contributed by atoms with van der Waals surface area (Å²) in [6.07, 6.45) is 2.42. The molecule has 0 saturated heterocycles. The van der Waals surface area contributed by atoms with Gasteiger partial charge in [-0.1, -0.05) is 0 Å². The molecule has 1 aromatic heterocycles. The molecule has 0 spiro atoms. The monoisotopic (exact) mass is 211 g/mol. The van der Waals surface area contributed by atoms with E-state index in [1.807, 2.05) is 17.7 Å². The van der Waals surface area contributed by atoms with Gasteiger partial charge in [-0.25, -0.2) is 0 Å². The highest BCUT2D eigenvalue weighted by atomic mass is 16.5. The minimum Gasteiger partial charge on any atom is -0.468 e. The first kappa shape index (κ1) is 11.7. The Morgan fingerprint density at radius 2 is 2.47 bits per heavy atom. The van der Waals surface area contributed by atoms with E-state index < -0.39 is 0 Å². The molecule has 0 aliphatic rings. The molecule has 0 saturated carbocycles. The van der Waals surface area contributed by atoms with E-state index in [0.29, 0.717) is 13.0 Å². The molecule has 1 unspecified atom stereocenters. The van der Waals surface area contributed by atoms with Crippen LogP contribution in [-0.4, -0.2) is 35.9 Å². The highest BCUT2D eigenvalue weighted by Gasteiger charge is 2.16. The minimum absolute atomic E-state index is 0.234. The van der Waals surface area contributed by atoms with E-state index in [-0.39, 0.29) is 12.0 Å². The Hall–Kier alpha value is -1.36. The zero-order valence-corrected chi connectivity index (χ0v) is 9.36. The summed E-state index contributed by atoms with van der Waals surface area (Å²) >= 11 is 0. The summed E-state index contributed by atoms with van der Waals surface area (Å²) in [7, 11) is 3.14. The molecule has 84 valence electrons. The van der Waals surface area contributed by atoms with E-state index in [9.17, 15) is 4.79 Å². The summed E-state index contributed by atoms with van der Waals surface area (Å²) in [4.78, 5) is 11.3. The Morgan fingerprint density at radius 3 is 2.93 bits per heavy atom. The first-order valence-electron chi connectivity index (χ1n) is 4.92. The van der Waals surface area contributed by atoms with Crippen LogP contribution >= 0.6 is 0 Å². The predicted molar refractivity (Wildman–Crippen MR) is 56.4 cm³/mol. The van der Waals surface area contributed by atoms with Crippen LogP contribution in [0.2, 0.25) is 0 Å². The zero-order chi connectivity index (χ0) is 11.3. The van der Waals surface area contributed by atoms with Crippen molar-refractivity contribution >= 4 is 5.97 Å². The summed E-state index contributed by atoms with van der Waals surface area (Å²) in [6.45, 7) is 2.69. The second-order valence-corrected chi connectivity index (χ2v) is 3.35. The highest BCUT2D eigenvalue weighted by Crippen LogP contribution is 2.01. The van der Waals surface area contributed by atoms with Crippen molar-refractivity contribution in [3.05, 3.63) is 18.0 Å². The fourth-order valence-corrected chi connectivity index (χ4v) is 1.41. The Kier molecular flexibility index (Phi) is 4.30. The van der Waals surface area contributed by atoms with E-state index in [1.54, 1.807) is 13.2 Å². The number of nitrogens with zero attached hydrogens (tertiary/aromatic N) is 2. The van der Waals surface area contributed by atoms with Gasteiger partial charge < -0.3 is 10.1 Å². The molecule has 0 amide bonds. The number of likely N-dealkylation sites (N-methyl/N-ethyl adjacent to an activating group) is 1. The van der Waals surface area contributed by atoms with Crippen LogP contribution in [0.3, 0.4) is 0 Å². The number of carbonyl (C=O) groups is 1. The molecule has 1 heterocycles. The van der Waals surface area contributed by atoms with Gasteiger partial charge in [0.05, 0.1) is 7.11 Å².